The molecule has 0 fully saturated rings. The minimum Gasteiger partial charge on any atom is -0.472 e. The number of halogens is 1. The molecule has 7 heteroatoms. The first-order valence-corrected chi connectivity index (χ1v) is 6.84. The Bertz CT molecular complexity index is 583. The van der Waals surface area contributed by atoms with Crippen molar-refractivity contribution in [2.45, 2.75) is 17.9 Å². The van der Waals surface area contributed by atoms with Gasteiger partial charge in [-0.3, -0.25) is 0 Å². The standard InChI is InChI=1S/C10H11ClN2O3S/c1-6-5-13-10(16-6)7-2-3-8(11)9(4-7)17(12,14)15/h2-4,6H,5H2,1H3,(H2,12,14,15). The molecule has 1 unspecified atom stereocenters. The fraction of sp³-hybridized carbons (Fsp3) is 0.300. The highest BCUT2D eigenvalue weighted by molar-refractivity contribution is 7.89. The zero-order valence-electron chi connectivity index (χ0n) is 9.05. The third-order valence-corrected chi connectivity index (χ3v) is 3.68. The fourth-order valence-electron chi connectivity index (χ4n) is 1.49. The lowest BCUT2D eigenvalue weighted by Gasteiger charge is -2.07. The molecule has 0 spiro atoms. The van der Waals surface area contributed by atoms with E-state index in [1.54, 1.807) is 6.07 Å². The maximum absolute atomic E-state index is 11.3. The molecule has 0 aliphatic carbocycles. The monoisotopic (exact) mass is 274 g/mol. The van der Waals surface area contributed by atoms with Crippen molar-refractivity contribution in [3.05, 3.63) is 28.8 Å². The van der Waals surface area contributed by atoms with Gasteiger partial charge < -0.3 is 4.74 Å². The second kappa shape index (κ2) is 4.29. The van der Waals surface area contributed by atoms with Crippen molar-refractivity contribution < 1.29 is 13.2 Å². The molecule has 1 aliphatic heterocycles. The fourth-order valence-corrected chi connectivity index (χ4v) is 2.56. The zero-order chi connectivity index (χ0) is 12.6. The van der Waals surface area contributed by atoms with Gasteiger partial charge in [-0.15, -0.1) is 0 Å². The number of hydrogen-bond acceptors (Lipinski definition) is 4. The van der Waals surface area contributed by atoms with Crippen LogP contribution in [0.4, 0.5) is 0 Å². The molecule has 1 aliphatic rings. The van der Waals surface area contributed by atoms with Crippen LogP contribution in [-0.2, 0) is 14.8 Å². The summed E-state index contributed by atoms with van der Waals surface area (Å²) in [6.07, 6.45) is -0.00129. The minimum absolute atomic E-state index is 0.00129. The average molecular weight is 275 g/mol. The van der Waals surface area contributed by atoms with Gasteiger partial charge in [-0.1, -0.05) is 11.6 Å². The number of benzene rings is 1. The molecule has 1 atom stereocenters. The smallest absolute Gasteiger partial charge is 0.239 e. The lowest BCUT2D eigenvalue weighted by molar-refractivity contribution is 0.246. The molecule has 1 heterocycles. The van der Waals surface area contributed by atoms with Gasteiger partial charge >= 0.3 is 0 Å². The topological polar surface area (TPSA) is 81.8 Å². The van der Waals surface area contributed by atoms with Gasteiger partial charge in [0.2, 0.25) is 15.9 Å². The Labute approximate surface area is 104 Å². The quantitative estimate of drug-likeness (QED) is 0.878. The summed E-state index contributed by atoms with van der Waals surface area (Å²) in [5.41, 5.74) is 0.558. The summed E-state index contributed by atoms with van der Waals surface area (Å²) >= 11 is 5.78. The molecule has 0 saturated carbocycles. The number of nitrogens with zero attached hydrogens (tertiary/aromatic N) is 1. The maximum Gasteiger partial charge on any atom is 0.239 e. The maximum atomic E-state index is 11.3. The largest absolute Gasteiger partial charge is 0.472 e. The van der Waals surface area contributed by atoms with Gasteiger partial charge in [0.1, 0.15) is 11.0 Å². The number of sulfonamides is 1. The lowest BCUT2D eigenvalue weighted by atomic mass is 10.2. The SMILES string of the molecule is CC1CN=C(c2ccc(Cl)c(S(N)(=O)=O)c2)O1. The molecule has 0 aromatic heterocycles. The number of primary sulfonamides is 1. The van der Waals surface area contributed by atoms with Crippen molar-refractivity contribution in [1.82, 2.24) is 0 Å². The Balaban J connectivity index is 2.46. The second-order valence-corrected chi connectivity index (χ2v) is 5.70. The van der Waals surface area contributed by atoms with Gasteiger partial charge in [0.15, 0.2) is 0 Å². The van der Waals surface area contributed by atoms with E-state index in [0.717, 1.165) is 0 Å². The predicted molar refractivity (Wildman–Crippen MR) is 64.8 cm³/mol. The van der Waals surface area contributed by atoms with E-state index in [2.05, 4.69) is 4.99 Å². The second-order valence-electron chi connectivity index (χ2n) is 3.76. The van der Waals surface area contributed by atoms with Gasteiger partial charge in [-0.05, 0) is 25.1 Å². The number of hydrogen-bond donors (Lipinski definition) is 1. The van der Waals surface area contributed by atoms with Crippen molar-refractivity contribution in [2.75, 3.05) is 6.54 Å². The van der Waals surface area contributed by atoms with E-state index < -0.39 is 10.0 Å². The number of aliphatic imine (C=N–C) groups is 1. The highest BCUT2D eigenvalue weighted by atomic mass is 35.5. The molecule has 0 bridgehead atoms. The molecule has 92 valence electrons. The van der Waals surface area contributed by atoms with Crippen LogP contribution >= 0.6 is 11.6 Å². The first-order chi connectivity index (χ1) is 7.88. The van der Waals surface area contributed by atoms with Crippen molar-refractivity contribution >= 4 is 27.5 Å². The van der Waals surface area contributed by atoms with E-state index >= 15 is 0 Å². The molecule has 0 amide bonds. The van der Waals surface area contributed by atoms with E-state index in [1.165, 1.54) is 12.1 Å². The molecule has 2 N–H and O–H groups in total. The molecule has 5 nitrogen and oxygen atoms in total. The van der Waals surface area contributed by atoms with E-state index in [-0.39, 0.29) is 16.0 Å². The van der Waals surface area contributed by atoms with Gasteiger partial charge in [0.05, 0.1) is 11.6 Å². The van der Waals surface area contributed by atoms with E-state index in [0.29, 0.717) is 18.0 Å². The van der Waals surface area contributed by atoms with Gasteiger partial charge in [0, 0.05) is 5.56 Å². The summed E-state index contributed by atoms with van der Waals surface area (Å²) in [6.45, 7) is 2.44. The molecule has 2 rings (SSSR count). The van der Waals surface area contributed by atoms with Gasteiger partial charge in [-0.2, -0.15) is 0 Å². The molecule has 0 radical (unpaired) electrons. The Hall–Kier alpha value is -1.11. The van der Waals surface area contributed by atoms with Crippen LogP contribution in [0.15, 0.2) is 28.1 Å². The number of nitrogens with two attached hydrogens (primary N) is 1. The summed E-state index contributed by atoms with van der Waals surface area (Å²) in [7, 11) is -3.84. The van der Waals surface area contributed by atoms with E-state index in [4.69, 9.17) is 21.5 Å². The van der Waals surface area contributed by atoms with Gasteiger partial charge in [-0.25, -0.2) is 18.5 Å². The highest BCUT2D eigenvalue weighted by Gasteiger charge is 2.20. The number of ether oxygens (including phenoxy) is 1. The Morgan fingerprint density at radius 1 is 1.53 bits per heavy atom. The van der Waals surface area contributed by atoms with Crippen molar-refractivity contribution in [3.63, 3.8) is 0 Å². The third-order valence-electron chi connectivity index (χ3n) is 2.29. The van der Waals surface area contributed by atoms with Crippen LogP contribution in [0.3, 0.4) is 0 Å². The van der Waals surface area contributed by atoms with Crippen LogP contribution in [0.1, 0.15) is 12.5 Å². The van der Waals surface area contributed by atoms with Crippen LogP contribution in [-0.4, -0.2) is 27.0 Å². The van der Waals surface area contributed by atoms with Crippen LogP contribution in [0, 0.1) is 0 Å². The molecule has 1 aromatic rings. The Morgan fingerprint density at radius 3 is 2.76 bits per heavy atom. The Kier molecular flexibility index (Phi) is 3.11. The van der Waals surface area contributed by atoms with Crippen LogP contribution < -0.4 is 5.14 Å². The van der Waals surface area contributed by atoms with Crippen LogP contribution in [0.25, 0.3) is 0 Å². The first kappa shape index (κ1) is 12.3. The third kappa shape index (κ3) is 2.59. The normalized spacial score (nSPS) is 19.9. The van der Waals surface area contributed by atoms with Crippen LogP contribution in [0.2, 0.25) is 5.02 Å². The van der Waals surface area contributed by atoms with Gasteiger partial charge in [0.25, 0.3) is 0 Å². The summed E-state index contributed by atoms with van der Waals surface area (Å²) < 4.78 is 28.0. The lowest BCUT2D eigenvalue weighted by Crippen LogP contribution is -2.14. The predicted octanol–water partition coefficient (Wildman–Crippen LogP) is 1.15. The van der Waals surface area contributed by atoms with Crippen molar-refractivity contribution in [1.29, 1.82) is 0 Å². The van der Waals surface area contributed by atoms with E-state index in [9.17, 15) is 8.42 Å². The molecule has 1 aromatic carbocycles. The zero-order valence-corrected chi connectivity index (χ0v) is 10.6. The summed E-state index contributed by atoms with van der Waals surface area (Å²) in [5, 5.41) is 5.15. The molecular formula is C10H11ClN2O3S. The molecule has 17 heavy (non-hydrogen) atoms. The van der Waals surface area contributed by atoms with Crippen molar-refractivity contribution in [3.8, 4) is 0 Å². The molecule has 0 saturated heterocycles. The molecular weight excluding hydrogens is 264 g/mol. The average Bonchev–Trinajstić information content (AvgIpc) is 2.64. The summed E-state index contributed by atoms with van der Waals surface area (Å²) in [5.74, 6) is 0.416. The van der Waals surface area contributed by atoms with E-state index in [1.807, 2.05) is 6.92 Å². The Morgan fingerprint density at radius 2 is 2.24 bits per heavy atom. The minimum atomic E-state index is -3.84. The van der Waals surface area contributed by atoms with Crippen molar-refractivity contribution in [2.24, 2.45) is 10.1 Å². The summed E-state index contributed by atoms with van der Waals surface area (Å²) in [6, 6.07) is 4.48. The first-order valence-electron chi connectivity index (χ1n) is 4.92. The number of rotatable bonds is 2. The summed E-state index contributed by atoms with van der Waals surface area (Å²) in [4.78, 5) is 4.03. The van der Waals surface area contributed by atoms with Crippen LogP contribution in [0.5, 0.6) is 0 Å². The highest BCUT2D eigenvalue weighted by Crippen LogP contribution is 2.23.